The fourth-order valence-electron chi connectivity index (χ4n) is 1.69. The van der Waals surface area contributed by atoms with Crippen LogP contribution in [0.15, 0.2) is 0 Å². The molecule has 0 aliphatic carbocycles. The van der Waals surface area contributed by atoms with Gasteiger partial charge in [-0.3, -0.25) is 0 Å². The molecule has 0 aromatic rings. The predicted molar refractivity (Wildman–Crippen MR) is 59.3 cm³/mol. The van der Waals surface area contributed by atoms with Gasteiger partial charge in [0.25, 0.3) is 0 Å². The number of ether oxygens (including phenoxy) is 1. The predicted octanol–water partition coefficient (Wildman–Crippen LogP) is 1.27. The monoisotopic (exact) mass is 200 g/mol. The van der Waals surface area contributed by atoms with E-state index in [-0.39, 0.29) is 11.1 Å². The van der Waals surface area contributed by atoms with Crippen LogP contribution in [-0.4, -0.2) is 30.8 Å². The highest BCUT2D eigenvalue weighted by Gasteiger charge is 2.26. The van der Waals surface area contributed by atoms with E-state index in [1.807, 2.05) is 0 Å². The van der Waals surface area contributed by atoms with Crippen LogP contribution in [0.3, 0.4) is 0 Å². The first-order valence-electron chi connectivity index (χ1n) is 5.53. The summed E-state index contributed by atoms with van der Waals surface area (Å²) in [6.45, 7) is 9.19. The molecule has 1 saturated heterocycles. The molecule has 1 heterocycles. The summed E-state index contributed by atoms with van der Waals surface area (Å²) in [7, 11) is 0. The van der Waals surface area contributed by atoms with Crippen molar-refractivity contribution in [2.45, 2.75) is 51.1 Å². The van der Waals surface area contributed by atoms with Crippen LogP contribution in [0, 0.1) is 0 Å². The molecular formula is C11H24N2O. The van der Waals surface area contributed by atoms with Crippen LogP contribution >= 0.6 is 0 Å². The molecule has 0 saturated carbocycles. The van der Waals surface area contributed by atoms with Crippen molar-refractivity contribution in [3.63, 3.8) is 0 Å². The van der Waals surface area contributed by atoms with Gasteiger partial charge in [-0.25, -0.2) is 0 Å². The zero-order valence-corrected chi connectivity index (χ0v) is 9.73. The van der Waals surface area contributed by atoms with Crippen molar-refractivity contribution in [2.24, 2.45) is 5.73 Å². The van der Waals surface area contributed by atoms with Crippen LogP contribution in [0.2, 0.25) is 0 Å². The molecule has 14 heavy (non-hydrogen) atoms. The highest BCUT2D eigenvalue weighted by atomic mass is 16.5. The minimum atomic E-state index is -0.0610. The molecule has 0 unspecified atom stereocenters. The van der Waals surface area contributed by atoms with Crippen molar-refractivity contribution in [2.75, 3.05) is 19.8 Å². The summed E-state index contributed by atoms with van der Waals surface area (Å²) in [6, 6.07) is 0. The lowest BCUT2D eigenvalue weighted by molar-refractivity contribution is 0.0449. The van der Waals surface area contributed by atoms with Crippen LogP contribution in [0.25, 0.3) is 0 Å². The van der Waals surface area contributed by atoms with Crippen molar-refractivity contribution < 1.29 is 4.74 Å². The average molecular weight is 200 g/mol. The number of hydrogen-bond donors (Lipinski definition) is 2. The van der Waals surface area contributed by atoms with Crippen molar-refractivity contribution in [3.8, 4) is 0 Å². The van der Waals surface area contributed by atoms with Crippen LogP contribution in [-0.2, 0) is 4.74 Å². The molecule has 3 N–H and O–H groups in total. The second kappa shape index (κ2) is 4.60. The lowest BCUT2D eigenvalue weighted by atomic mass is 9.91. The molecule has 84 valence electrons. The third kappa shape index (κ3) is 4.40. The van der Waals surface area contributed by atoms with E-state index in [1.165, 1.54) is 0 Å². The fraction of sp³-hybridized carbons (Fsp3) is 1.00. The fourth-order valence-corrected chi connectivity index (χ4v) is 1.69. The summed E-state index contributed by atoms with van der Waals surface area (Å²) >= 11 is 0. The Morgan fingerprint density at radius 3 is 2.43 bits per heavy atom. The lowest BCUT2D eigenvalue weighted by Crippen LogP contribution is -2.48. The normalized spacial score (nSPS) is 22.3. The second-order valence-electron chi connectivity index (χ2n) is 5.34. The Hall–Kier alpha value is -0.120. The topological polar surface area (TPSA) is 47.3 Å². The van der Waals surface area contributed by atoms with Crippen molar-refractivity contribution in [1.82, 2.24) is 5.32 Å². The Labute approximate surface area is 87.4 Å². The largest absolute Gasteiger partial charge is 0.381 e. The van der Waals surface area contributed by atoms with Gasteiger partial charge in [0.15, 0.2) is 0 Å². The summed E-state index contributed by atoms with van der Waals surface area (Å²) in [5, 5.41) is 3.59. The van der Waals surface area contributed by atoms with Gasteiger partial charge in [0.1, 0.15) is 0 Å². The molecule has 0 radical (unpaired) electrons. The maximum Gasteiger partial charge on any atom is 0.0483 e. The van der Waals surface area contributed by atoms with Crippen molar-refractivity contribution in [3.05, 3.63) is 0 Å². The zero-order valence-electron chi connectivity index (χ0n) is 9.73. The number of nitrogens with two attached hydrogens (primary N) is 1. The maximum absolute atomic E-state index is 5.93. The minimum Gasteiger partial charge on any atom is -0.381 e. The summed E-state index contributed by atoms with van der Waals surface area (Å²) in [4.78, 5) is 0. The molecule has 3 heteroatoms. The summed E-state index contributed by atoms with van der Waals surface area (Å²) in [5.74, 6) is 0. The molecule has 0 bridgehead atoms. The maximum atomic E-state index is 5.93. The quantitative estimate of drug-likeness (QED) is 0.718. The Morgan fingerprint density at radius 2 is 1.93 bits per heavy atom. The number of rotatable bonds is 4. The average Bonchev–Trinajstić information content (AvgIpc) is 2.02. The van der Waals surface area contributed by atoms with Crippen LogP contribution in [0.1, 0.15) is 40.0 Å². The molecule has 1 fully saturated rings. The third-order valence-electron chi connectivity index (χ3n) is 2.92. The molecule has 0 atom stereocenters. The summed E-state index contributed by atoms with van der Waals surface area (Å²) in [5.41, 5.74) is 6.14. The van der Waals surface area contributed by atoms with Crippen LogP contribution in [0.5, 0.6) is 0 Å². The molecule has 3 nitrogen and oxygen atoms in total. The van der Waals surface area contributed by atoms with Gasteiger partial charge < -0.3 is 15.8 Å². The zero-order chi connectivity index (χ0) is 10.7. The SMILES string of the molecule is CC(C)(N)CCNC1(C)CCOCC1. The third-order valence-corrected chi connectivity index (χ3v) is 2.92. The van der Waals surface area contributed by atoms with Gasteiger partial charge in [-0.15, -0.1) is 0 Å². The molecule has 1 rings (SSSR count). The van der Waals surface area contributed by atoms with Gasteiger partial charge in [-0.1, -0.05) is 0 Å². The minimum absolute atomic E-state index is 0.0610. The Balaban J connectivity index is 2.22. The van der Waals surface area contributed by atoms with Crippen molar-refractivity contribution >= 4 is 0 Å². The highest BCUT2D eigenvalue weighted by molar-refractivity contribution is 4.86. The first-order valence-corrected chi connectivity index (χ1v) is 5.53. The van der Waals surface area contributed by atoms with Gasteiger partial charge >= 0.3 is 0 Å². The first-order chi connectivity index (χ1) is 6.41. The van der Waals surface area contributed by atoms with Gasteiger partial charge in [0.05, 0.1) is 0 Å². The number of nitrogens with one attached hydrogen (secondary N) is 1. The van der Waals surface area contributed by atoms with E-state index in [4.69, 9.17) is 10.5 Å². The van der Waals surface area contributed by atoms with Crippen LogP contribution in [0.4, 0.5) is 0 Å². The number of hydrogen-bond acceptors (Lipinski definition) is 3. The van der Waals surface area contributed by atoms with E-state index >= 15 is 0 Å². The molecule has 0 amide bonds. The second-order valence-corrected chi connectivity index (χ2v) is 5.34. The van der Waals surface area contributed by atoms with Gasteiger partial charge in [-0.05, 0) is 46.6 Å². The van der Waals surface area contributed by atoms with Crippen LogP contribution < -0.4 is 11.1 Å². The lowest BCUT2D eigenvalue weighted by Gasteiger charge is -2.35. The van der Waals surface area contributed by atoms with E-state index in [9.17, 15) is 0 Å². The molecule has 0 aromatic heterocycles. The van der Waals surface area contributed by atoms with E-state index in [0.29, 0.717) is 0 Å². The van der Waals surface area contributed by atoms with Crippen molar-refractivity contribution in [1.29, 1.82) is 0 Å². The van der Waals surface area contributed by atoms with Gasteiger partial charge in [0.2, 0.25) is 0 Å². The van der Waals surface area contributed by atoms with E-state index in [0.717, 1.165) is 39.0 Å². The van der Waals surface area contributed by atoms with Gasteiger partial charge in [0, 0.05) is 24.3 Å². The summed E-state index contributed by atoms with van der Waals surface area (Å²) < 4.78 is 5.35. The molecular weight excluding hydrogens is 176 g/mol. The molecule has 0 spiro atoms. The molecule has 0 aromatic carbocycles. The van der Waals surface area contributed by atoms with E-state index in [2.05, 4.69) is 26.1 Å². The van der Waals surface area contributed by atoms with Gasteiger partial charge in [-0.2, -0.15) is 0 Å². The highest BCUT2D eigenvalue weighted by Crippen LogP contribution is 2.19. The summed E-state index contributed by atoms with van der Waals surface area (Å²) in [6.07, 6.45) is 3.24. The Kier molecular flexibility index (Phi) is 3.93. The standard InChI is InChI=1S/C11H24N2O/c1-10(2,12)4-7-13-11(3)5-8-14-9-6-11/h13H,4-9,12H2,1-3H3. The Bertz CT molecular complexity index is 169. The smallest absolute Gasteiger partial charge is 0.0483 e. The first kappa shape index (κ1) is 12.0. The molecule has 1 aliphatic heterocycles. The Morgan fingerprint density at radius 1 is 1.36 bits per heavy atom. The molecule has 1 aliphatic rings. The van der Waals surface area contributed by atoms with E-state index < -0.39 is 0 Å². The van der Waals surface area contributed by atoms with E-state index in [1.54, 1.807) is 0 Å².